The molecule has 4 fully saturated rings. The monoisotopic (exact) mass is 699 g/mol. The maximum Gasteiger partial charge on any atom is 0.257 e. The number of aromatic nitrogens is 2. The van der Waals surface area contributed by atoms with Crippen LogP contribution in [-0.4, -0.2) is 107 Å². The topological polar surface area (TPSA) is 97.7 Å². The van der Waals surface area contributed by atoms with Crippen LogP contribution in [0.5, 0.6) is 0 Å². The Morgan fingerprint density at radius 2 is 1.96 bits per heavy atom. The number of carbonyl (C=O) groups is 1. The van der Waals surface area contributed by atoms with Crippen LogP contribution in [0.2, 0.25) is 0 Å². The molecule has 1 aromatic rings. The lowest BCUT2D eigenvalue weighted by Gasteiger charge is -2.47. The van der Waals surface area contributed by atoms with Gasteiger partial charge in [0.15, 0.2) is 0 Å². The molecule has 0 aromatic carbocycles. The zero-order chi connectivity index (χ0) is 33.2. The Hall–Kier alpha value is -1.31. The van der Waals surface area contributed by atoms with E-state index in [2.05, 4.69) is 22.5 Å². The van der Waals surface area contributed by atoms with E-state index >= 15 is 0 Å². The molecule has 0 radical (unpaired) electrons. The van der Waals surface area contributed by atoms with E-state index in [1.165, 1.54) is 0 Å². The molecule has 4 heterocycles. The zero-order valence-electron chi connectivity index (χ0n) is 28.0. The molecule has 1 saturated carbocycles. The predicted molar refractivity (Wildman–Crippen MR) is 181 cm³/mol. The number of nitrogens with zero attached hydrogens (tertiary/aromatic N) is 3. The number of piperidine rings is 2. The molecule has 2 aliphatic carbocycles. The number of methoxy groups -OCH3 is 1. The molecule has 0 bridgehead atoms. The van der Waals surface area contributed by atoms with Crippen molar-refractivity contribution < 1.29 is 23.0 Å². The lowest BCUT2D eigenvalue weighted by Crippen LogP contribution is -2.58. The zero-order valence-corrected chi connectivity index (χ0v) is 29.5. The van der Waals surface area contributed by atoms with Gasteiger partial charge in [0.2, 0.25) is 5.91 Å². The molecule has 9 unspecified atom stereocenters. The van der Waals surface area contributed by atoms with Gasteiger partial charge in [-0.3, -0.25) is 19.1 Å². The molecule has 5 aliphatic rings. The van der Waals surface area contributed by atoms with E-state index in [9.17, 15) is 18.4 Å². The number of hydrogen-bond donors (Lipinski definition) is 2. The lowest BCUT2D eigenvalue weighted by molar-refractivity contribution is -0.126. The Kier molecular flexibility index (Phi) is 11.9. The van der Waals surface area contributed by atoms with Crippen molar-refractivity contribution in [1.29, 1.82) is 0 Å². The van der Waals surface area contributed by atoms with Crippen LogP contribution in [0.3, 0.4) is 0 Å². The minimum Gasteiger partial charge on any atom is -0.381 e. The first-order valence-electron chi connectivity index (χ1n) is 17.7. The Labute approximate surface area is 286 Å². The highest BCUT2D eigenvalue weighted by Crippen LogP contribution is 2.48. The van der Waals surface area contributed by atoms with Crippen LogP contribution in [0, 0.1) is 24.7 Å². The third-order valence-electron chi connectivity index (χ3n) is 11.5. The van der Waals surface area contributed by atoms with Crippen LogP contribution in [0.1, 0.15) is 69.0 Å². The second kappa shape index (κ2) is 15.7. The quantitative estimate of drug-likeness (QED) is 0.357. The first kappa shape index (κ1) is 35.5. The molecule has 13 heteroatoms. The number of carbonyl (C=O) groups excluding carboxylic acids is 1. The van der Waals surface area contributed by atoms with Crippen LogP contribution in [0.4, 0.5) is 8.78 Å². The number of halogens is 3. The summed E-state index contributed by atoms with van der Waals surface area (Å²) in [6.07, 6.45) is 6.00. The van der Waals surface area contributed by atoms with Gasteiger partial charge in [-0.15, -0.1) is 11.6 Å². The Morgan fingerprint density at radius 3 is 2.70 bits per heavy atom. The van der Waals surface area contributed by atoms with Crippen LogP contribution in [-0.2, 0) is 33.7 Å². The van der Waals surface area contributed by atoms with Gasteiger partial charge >= 0.3 is 0 Å². The molecule has 47 heavy (non-hydrogen) atoms. The molecule has 9 nitrogen and oxygen atoms in total. The molecule has 1 amide bonds. The maximum atomic E-state index is 13.9. The number of alkyl halides is 3. The fourth-order valence-corrected chi connectivity index (χ4v) is 11.3. The van der Waals surface area contributed by atoms with Gasteiger partial charge in [-0.25, -0.2) is 13.8 Å². The maximum absolute atomic E-state index is 13.9. The summed E-state index contributed by atoms with van der Waals surface area (Å²) >= 11 is 8.55. The highest BCUT2D eigenvalue weighted by molar-refractivity contribution is 8.00. The number of rotatable bonds is 10. The minimum absolute atomic E-state index is 0.00858. The normalized spacial score (nSPS) is 35.1. The summed E-state index contributed by atoms with van der Waals surface area (Å²) in [5.74, 6) is 1.24. The molecule has 1 aromatic heterocycles. The van der Waals surface area contributed by atoms with Crippen molar-refractivity contribution in [3.63, 3.8) is 0 Å². The average molecular weight is 700 g/mol. The van der Waals surface area contributed by atoms with Crippen molar-refractivity contribution in [3.8, 4) is 0 Å². The van der Waals surface area contributed by atoms with E-state index in [1.54, 1.807) is 23.4 Å². The second-order valence-electron chi connectivity index (χ2n) is 14.4. The summed E-state index contributed by atoms with van der Waals surface area (Å²) in [4.78, 5) is 34.2. The Bertz CT molecular complexity index is 1300. The van der Waals surface area contributed by atoms with Crippen LogP contribution in [0.15, 0.2) is 4.79 Å². The first-order valence-corrected chi connectivity index (χ1v) is 19.2. The van der Waals surface area contributed by atoms with Crippen molar-refractivity contribution in [2.24, 2.45) is 17.8 Å². The number of nitrogens with one attached hydrogen (secondary N) is 2. The van der Waals surface area contributed by atoms with Gasteiger partial charge in [-0.1, -0.05) is 0 Å². The number of thioether (sulfide) groups is 1. The molecule has 3 aliphatic heterocycles. The molecule has 9 atom stereocenters. The molecule has 264 valence electrons. The van der Waals surface area contributed by atoms with Gasteiger partial charge < -0.3 is 20.1 Å². The summed E-state index contributed by atoms with van der Waals surface area (Å²) in [5, 5.41) is 6.34. The lowest BCUT2D eigenvalue weighted by atomic mass is 9.70. The molecular formula is C34H52ClF2N5O4S. The highest BCUT2D eigenvalue weighted by Gasteiger charge is 2.51. The van der Waals surface area contributed by atoms with E-state index in [0.29, 0.717) is 37.0 Å². The van der Waals surface area contributed by atoms with E-state index in [0.717, 1.165) is 88.0 Å². The second-order valence-corrected chi connectivity index (χ2v) is 16.3. The van der Waals surface area contributed by atoms with Gasteiger partial charge in [0.25, 0.3) is 12.0 Å². The van der Waals surface area contributed by atoms with E-state index in [4.69, 9.17) is 26.1 Å². The standard InChI is InChI=1S/C34H52ClF2N5O4S/c1-19-14-25(32-31(39-19)27(18-47-32)33(43)38-17-30(36)37)24-15-21(35)4-7-29(24)46-13-12-42-20(2)40-28-6-5-22(16-26(28)34(42)44)41-10-8-23(45-3)9-11-41/h19,21-25,27,29-32,39H,4-18H2,1-3H3,(H,38,43). The van der Waals surface area contributed by atoms with Gasteiger partial charge in [-0.05, 0) is 83.5 Å². The minimum atomic E-state index is -2.56. The molecule has 0 spiro atoms. The predicted octanol–water partition coefficient (Wildman–Crippen LogP) is 3.79. The summed E-state index contributed by atoms with van der Waals surface area (Å²) in [6, 6.07) is 0.494. The number of fused-ring (bicyclic) bond motifs is 2. The van der Waals surface area contributed by atoms with E-state index < -0.39 is 13.0 Å². The van der Waals surface area contributed by atoms with Crippen LogP contribution < -0.4 is 16.2 Å². The van der Waals surface area contributed by atoms with Crippen molar-refractivity contribution in [2.75, 3.05) is 39.1 Å². The fourth-order valence-electron chi connectivity index (χ4n) is 9.09. The van der Waals surface area contributed by atoms with Gasteiger partial charge in [0.1, 0.15) is 5.82 Å². The fraction of sp³-hybridized carbons (Fsp3) is 0.853. The van der Waals surface area contributed by atoms with Crippen LogP contribution >= 0.6 is 23.4 Å². The Balaban J connectivity index is 1.10. The van der Waals surface area contributed by atoms with Gasteiger partial charge in [0, 0.05) is 60.3 Å². The van der Waals surface area contributed by atoms with Crippen molar-refractivity contribution >= 4 is 29.3 Å². The average Bonchev–Trinajstić information content (AvgIpc) is 3.49. The number of hydrogen-bond acceptors (Lipinski definition) is 8. The van der Waals surface area contributed by atoms with Crippen molar-refractivity contribution in [3.05, 3.63) is 27.4 Å². The van der Waals surface area contributed by atoms with Gasteiger partial charge in [0.05, 0.1) is 43.5 Å². The Morgan fingerprint density at radius 1 is 1.17 bits per heavy atom. The van der Waals surface area contributed by atoms with Crippen molar-refractivity contribution in [2.45, 2.75) is 126 Å². The first-order chi connectivity index (χ1) is 22.6. The van der Waals surface area contributed by atoms with Crippen molar-refractivity contribution in [1.82, 2.24) is 25.1 Å². The summed E-state index contributed by atoms with van der Waals surface area (Å²) in [7, 11) is 1.79. The summed E-state index contributed by atoms with van der Waals surface area (Å²) in [5.41, 5.74) is 1.89. The number of likely N-dealkylation sites (tertiary alicyclic amines) is 1. The van der Waals surface area contributed by atoms with E-state index in [-0.39, 0.29) is 52.1 Å². The molecule has 3 saturated heterocycles. The smallest absolute Gasteiger partial charge is 0.257 e. The number of amides is 1. The van der Waals surface area contributed by atoms with Gasteiger partial charge in [-0.2, -0.15) is 11.8 Å². The molecule has 2 N–H and O–H groups in total. The third kappa shape index (κ3) is 8.03. The molecule has 6 rings (SSSR count). The summed E-state index contributed by atoms with van der Waals surface area (Å²) < 4.78 is 39.6. The molecular weight excluding hydrogens is 648 g/mol. The van der Waals surface area contributed by atoms with Crippen LogP contribution in [0.25, 0.3) is 0 Å². The number of aryl methyl sites for hydroxylation is 2. The van der Waals surface area contributed by atoms with E-state index in [1.807, 2.05) is 6.92 Å². The number of ether oxygens (including phenoxy) is 2. The largest absolute Gasteiger partial charge is 0.381 e. The highest BCUT2D eigenvalue weighted by atomic mass is 35.5. The summed E-state index contributed by atoms with van der Waals surface area (Å²) in [6.45, 7) is 6.34. The third-order valence-corrected chi connectivity index (χ3v) is 13.5. The SMILES string of the molecule is COC1CCN(C2CCc3nc(C)n(CCOC4CCC(Cl)CC4C4CC(C)NC5C(C(=O)NCC(F)F)CSC45)c(=O)c3C2)CC1.